The van der Waals surface area contributed by atoms with Crippen LogP contribution in [0.5, 0.6) is 0 Å². The molecule has 2 aromatic carbocycles. The summed E-state index contributed by atoms with van der Waals surface area (Å²) in [5, 5.41) is 6.18. The summed E-state index contributed by atoms with van der Waals surface area (Å²) in [6.07, 6.45) is 0.106. The Bertz CT molecular complexity index is 758. The van der Waals surface area contributed by atoms with Crippen molar-refractivity contribution in [3.8, 4) is 0 Å². The van der Waals surface area contributed by atoms with Crippen molar-refractivity contribution in [1.82, 2.24) is 0 Å². The summed E-state index contributed by atoms with van der Waals surface area (Å²) in [5.74, 6) is -0.794. The molecule has 5 heteroatoms. The molecule has 112 valence electrons. The van der Waals surface area contributed by atoms with Gasteiger partial charge >= 0.3 is 0 Å². The van der Waals surface area contributed by atoms with E-state index in [1.54, 1.807) is 12.1 Å². The zero-order valence-corrected chi connectivity index (χ0v) is 12.8. The standard InChI is InChI=1S/C17H15ClN2O2/c1-10-6-7-11(18)8-15(10)19-16(21)9-13-12-4-2-3-5-14(12)20-17(13)22/h2-8,13H,9H2,1H3,(H,19,21)(H,20,22). The van der Waals surface area contributed by atoms with Gasteiger partial charge in [0.2, 0.25) is 11.8 Å². The van der Waals surface area contributed by atoms with E-state index in [0.717, 1.165) is 16.8 Å². The van der Waals surface area contributed by atoms with Crippen LogP contribution in [-0.2, 0) is 9.59 Å². The van der Waals surface area contributed by atoms with Crippen LogP contribution in [0, 0.1) is 6.92 Å². The average molecular weight is 315 g/mol. The van der Waals surface area contributed by atoms with E-state index in [1.807, 2.05) is 37.3 Å². The number of halogens is 1. The van der Waals surface area contributed by atoms with Gasteiger partial charge in [-0.05, 0) is 36.2 Å². The topological polar surface area (TPSA) is 58.2 Å². The summed E-state index contributed by atoms with van der Waals surface area (Å²) in [6.45, 7) is 1.89. The number of benzene rings is 2. The second-order valence-electron chi connectivity index (χ2n) is 5.34. The highest BCUT2D eigenvalue weighted by Gasteiger charge is 2.31. The molecule has 0 radical (unpaired) electrons. The highest BCUT2D eigenvalue weighted by molar-refractivity contribution is 6.31. The lowest BCUT2D eigenvalue weighted by Gasteiger charge is -2.11. The molecule has 0 saturated heterocycles. The third-order valence-corrected chi connectivity index (χ3v) is 4.01. The Morgan fingerprint density at radius 3 is 2.86 bits per heavy atom. The number of carbonyl (C=O) groups excluding carboxylic acids is 2. The molecular formula is C17H15ClN2O2. The van der Waals surface area contributed by atoms with Crippen LogP contribution in [0.25, 0.3) is 0 Å². The monoisotopic (exact) mass is 314 g/mol. The van der Waals surface area contributed by atoms with E-state index in [2.05, 4.69) is 10.6 Å². The van der Waals surface area contributed by atoms with Gasteiger partial charge in [-0.2, -0.15) is 0 Å². The van der Waals surface area contributed by atoms with Crippen LogP contribution < -0.4 is 10.6 Å². The van der Waals surface area contributed by atoms with Crippen molar-refractivity contribution < 1.29 is 9.59 Å². The SMILES string of the molecule is Cc1ccc(Cl)cc1NC(=O)CC1C(=O)Nc2ccccc21. The van der Waals surface area contributed by atoms with Gasteiger partial charge < -0.3 is 10.6 Å². The van der Waals surface area contributed by atoms with Crippen LogP contribution in [0.4, 0.5) is 11.4 Å². The summed E-state index contributed by atoms with van der Waals surface area (Å²) in [7, 11) is 0. The van der Waals surface area contributed by atoms with E-state index < -0.39 is 5.92 Å². The van der Waals surface area contributed by atoms with Gasteiger partial charge in [-0.25, -0.2) is 0 Å². The number of para-hydroxylation sites is 1. The number of rotatable bonds is 3. The number of anilines is 2. The van der Waals surface area contributed by atoms with Crippen LogP contribution in [0.1, 0.15) is 23.5 Å². The molecule has 0 fully saturated rings. The second-order valence-corrected chi connectivity index (χ2v) is 5.78. The van der Waals surface area contributed by atoms with E-state index in [1.165, 1.54) is 0 Å². The molecule has 0 aromatic heterocycles. The molecule has 4 nitrogen and oxygen atoms in total. The predicted molar refractivity (Wildman–Crippen MR) is 87.2 cm³/mol. The first-order valence-corrected chi connectivity index (χ1v) is 7.38. The first-order valence-electron chi connectivity index (χ1n) is 7.00. The van der Waals surface area contributed by atoms with Gasteiger partial charge in [-0.15, -0.1) is 0 Å². The molecule has 1 aliphatic rings. The first kappa shape index (κ1) is 14.6. The molecule has 0 aliphatic carbocycles. The number of fused-ring (bicyclic) bond motifs is 1. The Morgan fingerprint density at radius 1 is 1.27 bits per heavy atom. The molecule has 0 spiro atoms. The van der Waals surface area contributed by atoms with Crippen molar-refractivity contribution in [3.63, 3.8) is 0 Å². The maximum Gasteiger partial charge on any atom is 0.232 e. The molecule has 2 N–H and O–H groups in total. The summed E-state index contributed by atoms with van der Waals surface area (Å²) in [4.78, 5) is 24.3. The molecule has 0 bridgehead atoms. The van der Waals surface area contributed by atoms with Crippen molar-refractivity contribution >= 4 is 34.8 Å². The average Bonchev–Trinajstić information content (AvgIpc) is 2.79. The molecule has 2 amide bonds. The minimum Gasteiger partial charge on any atom is -0.326 e. The predicted octanol–water partition coefficient (Wildman–Crippen LogP) is 3.71. The quantitative estimate of drug-likeness (QED) is 0.907. The van der Waals surface area contributed by atoms with E-state index >= 15 is 0 Å². The smallest absolute Gasteiger partial charge is 0.232 e. The lowest BCUT2D eigenvalue weighted by atomic mass is 9.97. The van der Waals surface area contributed by atoms with Crippen molar-refractivity contribution in [2.75, 3.05) is 10.6 Å². The van der Waals surface area contributed by atoms with Crippen LogP contribution >= 0.6 is 11.6 Å². The Kier molecular flexibility index (Phi) is 3.86. The maximum absolute atomic E-state index is 12.3. The molecule has 3 rings (SSSR count). The number of carbonyl (C=O) groups is 2. The summed E-state index contributed by atoms with van der Waals surface area (Å²) in [5.41, 5.74) is 3.24. The Hall–Kier alpha value is -2.33. The number of amides is 2. The molecule has 0 saturated carbocycles. The summed E-state index contributed by atoms with van der Waals surface area (Å²) < 4.78 is 0. The third-order valence-electron chi connectivity index (χ3n) is 3.77. The van der Waals surface area contributed by atoms with Crippen molar-refractivity contribution in [2.45, 2.75) is 19.3 Å². The Balaban J connectivity index is 1.75. The Morgan fingerprint density at radius 2 is 2.05 bits per heavy atom. The van der Waals surface area contributed by atoms with E-state index in [4.69, 9.17) is 11.6 Å². The van der Waals surface area contributed by atoms with Crippen LogP contribution in [0.3, 0.4) is 0 Å². The maximum atomic E-state index is 12.3. The van der Waals surface area contributed by atoms with Gasteiger partial charge in [0.05, 0.1) is 5.92 Å². The molecule has 1 heterocycles. The summed E-state index contributed by atoms with van der Waals surface area (Å²) in [6, 6.07) is 12.8. The number of nitrogens with one attached hydrogen (secondary N) is 2. The van der Waals surface area contributed by atoms with Gasteiger partial charge in [0, 0.05) is 22.8 Å². The van der Waals surface area contributed by atoms with Crippen molar-refractivity contribution in [3.05, 3.63) is 58.6 Å². The van der Waals surface area contributed by atoms with Crippen LogP contribution in [-0.4, -0.2) is 11.8 Å². The van der Waals surface area contributed by atoms with E-state index in [9.17, 15) is 9.59 Å². The van der Waals surface area contributed by atoms with Crippen molar-refractivity contribution in [2.24, 2.45) is 0 Å². The third kappa shape index (κ3) is 2.83. The van der Waals surface area contributed by atoms with E-state index in [-0.39, 0.29) is 18.2 Å². The molecule has 1 atom stereocenters. The van der Waals surface area contributed by atoms with Gasteiger partial charge in [-0.3, -0.25) is 9.59 Å². The highest BCUT2D eigenvalue weighted by Crippen LogP contribution is 2.34. The van der Waals surface area contributed by atoms with Crippen LogP contribution in [0.15, 0.2) is 42.5 Å². The number of aryl methyl sites for hydroxylation is 1. The first-order chi connectivity index (χ1) is 10.5. The molecular weight excluding hydrogens is 300 g/mol. The molecule has 22 heavy (non-hydrogen) atoms. The minimum absolute atomic E-state index is 0.106. The normalized spacial score (nSPS) is 16.1. The zero-order chi connectivity index (χ0) is 15.7. The zero-order valence-electron chi connectivity index (χ0n) is 12.0. The molecule has 1 aliphatic heterocycles. The van der Waals surface area contributed by atoms with Gasteiger partial charge in [0.1, 0.15) is 0 Å². The van der Waals surface area contributed by atoms with Crippen molar-refractivity contribution in [1.29, 1.82) is 0 Å². The molecule has 2 aromatic rings. The van der Waals surface area contributed by atoms with Gasteiger partial charge in [0.15, 0.2) is 0 Å². The largest absolute Gasteiger partial charge is 0.326 e. The van der Waals surface area contributed by atoms with Crippen LogP contribution in [0.2, 0.25) is 5.02 Å². The lowest BCUT2D eigenvalue weighted by Crippen LogP contribution is -2.20. The van der Waals surface area contributed by atoms with Gasteiger partial charge in [-0.1, -0.05) is 35.9 Å². The number of hydrogen-bond acceptors (Lipinski definition) is 2. The second kappa shape index (κ2) is 5.81. The summed E-state index contributed by atoms with van der Waals surface area (Å²) >= 11 is 5.95. The molecule has 1 unspecified atom stereocenters. The van der Waals surface area contributed by atoms with E-state index in [0.29, 0.717) is 10.7 Å². The highest BCUT2D eigenvalue weighted by atomic mass is 35.5. The fraction of sp³-hybridized carbons (Fsp3) is 0.176. The Labute approximate surface area is 133 Å². The minimum atomic E-state index is -0.448. The lowest BCUT2D eigenvalue weighted by molar-refractivity contribution is -0.122. The fourth-order valence-corrected chi connectivity index (χ4v) is 2.77. The number of hydrogen-bond donors (Lipinski definition) is 2. The fourth-order valence-electron chi connectivity index (χ4n) is 2.59. The van der Waals surface area contributed by atoms with Gasteiger partial charge in [0.25, 0.3) is 0 Å².